The van der Waals surface area contributed by atoms with E-state index in [9.17, 15) is 0 Å². The van der Waals surface area contributed by atoms with E-state index in [2.05, 4.69) is 27.6 Å². The molecule has 0 bridgehead atoms. The number of para-hydroxylation sites is 1. The predicted octanol–water partition coefficient (Wildman–Crippen LogP) is 4.75. The fourth-order valence-corrected chi connectivity index (χ4v) is 2.45. The number of aromatic nitrogens is 3. The van der Waals surface area contributed by atoms with Gasteiger partial charge < -0.3 is 10.6 Å². The van der Waals surface area contributed by atoms with Crippen LogP contribution < -0.4 is 10.6 Å². The van der Waals surface area contributed by atoms with E-state index in [1.54, 1.807) is 6.20 Å². The van der Waals surface area contributed by atoms with E-state index in [1.165, 1.54) is 0 Å². The minimum atomic E-state index is 0.569. The SMILES string of the molecule is CCn1nc(C)cc1Nc1cc(Nc2ccccc2)c(Cl)cn1. The summed E-state index contributed by atoms with van der Waals surface area (Å²) >= 11 is 6.24. The van der Waals surface area contributed by atoms with Gasteiger partial charge in [-0.05, 0) is 26.0 Å². The van der Waals surface area contributed by atoms with E-state index >= 15 is 0 Å². The highest BCUT2D eigenvalue weighted by Gasteiger charge is 2.08. The first-order valence-corrected chi connectivity index (χ1v) is 7.82. The Morgan fingerprint density at radius 2 is 1.91 bits per heavy atom. The smallest absolute Gasteiger partial charge is 0.133 e. The summed E-state index contributed by atoms with van der Waals surface area (Å²) in [5, 5.41) is 11.6. The number of anilines is 4. The first kappa shape index (κ1) is 15.4. The van der Waals surface area contributed by atoms with Crippen LogP contribution in [-0.4, -0.2) is 14.8 Å². The minimum Gasteiger partial charge on any atom is -0.354 e. The van der Waals surface area contributed by atoms with Crippen molar-refractivity contribution in [3.63, 3.8) is 0 Å². The van der Waals surface area contributed by atoms with Crippen molar-refractivity contribution >= 4 is 34.6 Å². The molecule has 6 heteroatoms. The van der Waals surface area contributed by atoms with E-state index in [0.29, 0.717) is 10.8 Å². The summed E-state index contributed by atoms with van der Waals surface area (Å²) in [6, 6.07) is 13.8. The lowest BCUT2D eigenvalue weighted by molar-refractivity contribution is 0.661. The molecule has 2 heterocycles. The molecule has 23 heavy (non-hydrogen) atoms. The maximum atomic E-state index is 6.24. The van der Waals surface area contributed by atoms with Gasteiger partial charge in [-0.3, -0.25) is 0 Å². The average molecular weight is 328 g/mol. The maximum Gasteiger partial charge on any atom is 0.133 e. The lowest BCUT2D eigenvalue weighted by Gasteiger charge is -2.11. The molecule has 0 aliphatic rings. The van der Waals surface area contributed by atoms with Crippen LogP contribution in [0, 0.1) is 6.92 Å². The molecular weight excluding hydrogens is 310 g/mol. The van der Waals surface area contributed by atoms with Crippen LogP contribution in [-0.2, 0) is 6.54 Å². The molecule has 0 radical (unpaired) electrons. The molecule has 0 amide bonds. The number of pyridine rings is 1. The van der Waals surface area contributed by atoms with Crippen molar-refractivity contribution in [2.24, 2.45) is 0 Å². The lowest BCUT2D eigenvalue weighted by Crippen LogP contribution is -2.04. The quantitative estimate of drug-likeness (QED) is 0.710. The third-order valence-electron chi connectivity index (χ3n) is 3.37. The molecule has 118 valence electrons. The van der Waals surface area contributed by atoms with Gasteiger partial charge in [-0.15, -0.1) is 0 Å². The van der Waals surface area contributed by atoms with Gasteiger partial charge in [0.2, 0.25) is 0 Å². The summed E-state index contributed by atoms with van der Waals surface area (Å²) in [5.74, 6) is 1.62. The second-order valence-electron chi connectivity index (χ2n) is 5.15. The average Bonchev–Trinajstić information content (AvgIpc) is 2.91. The highest BCUT2D eigenvalue weighted by Crippen LogP contribution is 2.28. The van der Waals surface area contributed by atoms with Crippen molar-refractivity contribution < 1.29 is 0 Å². The fraction of sp³-hybridized carbons (Fsp3) is 0.176. The Hall–Kier alpha value is -2.53. The summed E-state index contributed by atoms with van der Waals surface area (Å²) in [5.41, 5.74) is 2.74. The van der Waals surface area contributed by atoms with Crippen LogP contribution in [0.1, 0.15) is 12.6 Å². The fourth-order valence-electron chi connectivity index (χ4n) is 2.30. The Morgan fingerprint density at radius 3 is 2.65 bits per heavy atom. The zero-order valence-electron chi connectivity index (χ0n) is 13.0. The molecule has 0 fully saturated rings. The summed E-state index contributed by atoms with van der Waals surface area (Å²) < 4.78 is 1.90. The Morgan fingerprint density at radius 1 is 1.13 bits per heavy atom. The highest BCUT2D eigenvalue weighted by atomic mass is 35.5. The van der Waals surface area contributed by atoms with Crippen molar-refractivity contribution in [2.75, 3.05) is 10.6 Å². The first-order valence-electron chi connectivity index (χ1n) is 7.45. The lowest BCUT2D eigenvalue weighted by atomic mass is 10.3. The van der Waals surface area contributed by atoms with E-state index in [-0.39, 0.29) is 0 Å². The van der Waals surface area contributed by atoms with E-state index in [1.807, 2.05) is 54.1 Å². The largest absolute Gasteiger partial charge is 0.354 e. The summed E-state index contributed by atoms with van der Waals surface area (Å²) in [4.78, 5) is 4.34. The van der Waals surface area contributed by atoms with Gasteiger partial charge in [0.25, 0.3) is 0 Å². The summed E-state index contributed by atoms with van der Waals surface area (Å²) in [6.07, 6.45) is 1.63. The van der Waals surface area contributed by atoms with Gasteiger partial charge in [-0.2, -0.15) is 5.10 Å². The summed E-state index contributed by atoms with van der Waals surface area (Å²) in [7, 11) is 0. The minimum absolute atomic E-state index is 0.569. The maximum absolute atomic E-state index is 6.24. The second-order valence-corrected chi connectivity index (χ2v) is 5.56. The van der Waals surface area contributed by atoms with Gasteiger partial charge >= 0.3 is 0 Å². The van der Waals surface area contributed by atoms with Gasteiger partial charge in [0, 0.05) is 24.4 Å². The predicted molar refractivity (Wildman–Crippen MR) is 94.9 cm³/mol. The normalized spacial score (nSPS) is 10.6. The van der Waals surface area contributed by atoms with Crippen molar-refractivity contribution in [3.05, 3.63) is 59.4 Å². The standard InChI is InChI=1S/C17H18ClN5/c1-3-23-17(9-12(2)22-23)21-16-10-15(14(18)11-19-16)20-13-7-5-4-6-8-13/h4-11H,3H2,1-2H3,(H2,19,20,21). The second kappa shape index (κ2) is 6.71. The molecule has 2 aromatic heterocycles. The Bertz CT molecular complexity index is 798. The van der Waals surface area contributed by atoms with E-state index in [4.69, 9.17) is 11.6 Å². The monoisotopic (exact) mass is 327 g/mol. The Balaban J connectivity index is 1.85. The number of hydrogen-bond donors (Lipinski definition) is 2. The molecular formula is C17H18ClN5. The van der Waals surface area contributed by atoms with Crippen molar-refractivity contribution in [2.45, 2.75) is 20.4 Å². The topological polar surface area (TPSA) is 54.8 Å². The first-order chi connectivity index (χ1) is 11.2. The molecule has 3 rings (SSSR count). The number of aryl methyl sites for hydroxylation is 2. The Kier molecular flexibility index (Phi) is 4.48. The third-order valence-corrected chi connectivity index (χ3v) is 3.67. The molecule has 0 aliphatic heterocycles. The van der Waals surface area contributed by atoms with Crippen LogP contribution in [0.15, 0.2) is 48.7 Å². The van der Waals surface area contributed by atoms with Crippen molar-refractivity contribution in [3.8, 4) is 0 Å². The Labute approximate surface area is 140 Å². The number of rotatable bonds is 5. The van der Waals surface area contributed by atoms with Crippen LogP contribution in [0.3, 0.4) is 0 Å². The van der Waals surface area contributed by atoms with Gasteiger partial charge in [0.05, 0.1) is 22.6 Å². The molecule has 0 atom stereocenters. The van der Waals surface area contributed by atoms with Crippen LogP contribution in [0.4, 0.5) is 23.0 Å². The molecule has 2 N–H and O–H groups in total. The molecule has 3 aromatic rings. The van der Waals surface area contributed by atoms with Crippen LogP contribution in [0.5, 0.6) is 0 Å². The summed E-state index contributed by atoms with van der Waals surface area (Å²) in [6.45, 7) is 4.81. The number of nitrogens with zero attached hydrogens (tertiary/aromatic N) is 3. The third kappa shape index (κ3) is 3.63. The molecule has 0 saturated carbocycles. The number of hydrogen-bond acceptors (Lipinski definition) is 4. The number of halogens is 1. The zero-order valence-corrected chi connectivity index (χ0v) is 13.8. The molecule has 1 aromatic carbocycles. The van der Waals surface area contributed by atoms with Gasteiger partial charge in [-0.25, -0.2) is 9.67 Å². The van der Waals surface area contributed by atoms with Crippen molar-refractivity contribution in [1.29, 1.82) is 0 Å². The molecule has 0 spiro atoms. The molecule has 5 nitrogen and oxygen atoms in total. The van der Waals surface area contributed by atoms with E-state index < -0.39 is 0 Å². The van der Waals surface area contributed by atoms with Gasteiger partial charge in [0.15, 0.2) is 0 Å². The molecule has 0 aliphatic carbocycles. The van der Waals surface area contributed by atoms with Crippen LogP contribution >= 0.6 is 11.6 Å². The van der Waals surface area contributed by atoms with Crippen LogP contribution in [0.2, 0.25) is 5.02 Å². The van der Waals surface area contributed by atoms with Crippen molar-refractivity contribution in [1.82, 2.24) is 14.8 Å². The molecule has 0 saturated heterocycles. The number of nitrogens with one attached hydrogen (secondary N) is 2. The zero-order chi connectivity index (χ0) is 16.2. The van der Waals surface area contributed by atoms with Crippen LogP contribution in [0.25, 0.3) is 0 Å². The highest BCUT2D eigenvalue weighted by molar-refractivity contribution is 6.33. The van der Waals surface area contributed by atoms with Gasteiger partial charge in [0.1, 0.15) is 11.6 Å². The molecule has 0 unspecified atom stereocenters. The van der Waals surface area contributed by atoms with Gasteiger partial charge in [-0.1, -0.05) is 29.8 Å². The van der Waals surface area contributed by atoms with E-state index in [0.717, 1.165) is 29.4 Å². The number of benzene rings is 1.